The quantitative estimate of drug-likeness (QED) is 0.564. The minimum atomic E-state index is -0.0902. The van der Waals surface area contributed by atoms with Crippen molar-refractivity contribution in [2.75, 3.05) is 0 Å². The lowest BCUT2D eigenvalue weighted by Crippen LogP contribution is -2.02. The van der Waals surface area contributed by atoms with Crippen molar-refractivity contribution in [1.82, 2.24) is 9.97 Å². The van der Waals surface area contributed by atoms with Gasteiger partial charge in [-0.15, -0.1) is 5.92 Å². The monoisotopic (exact) mass is 210 g/mol. The van der Waals surface area contributed by atoms with Gasteiger partial charge in [0.05, 0.1) is 23.7 Å². The Balaban J connectivity index is 2.38. The van der Waals surface area contributed by atoms with E-state index < -0.39 is 0 Å². The Hall–Kier alpha value is -2.21. The van der Waals surface area contributed by atoms with Gasteiger partial charge in [-0.3, -0.25) is 9.78 Å². The molecule has 0 atom stereocenters. The first-order valence-electron chi connectivity index (χ1n) is 4.96. The van der Waals surface area contributed by atoms with E-state index in [-0.39, 0.29) is 12.2 Å². The molecule has 0 radical (unpaired) electrons. The minimum absolute atomic E-state index is 0.0902. The van der Waals surface area contributed by atoms with Crippen molar-refractivity contribution in [3.63, 3.8) is 0 Å². The van der Waals surface area contributed by atoms with Gasteiger partial charge in [0.2, 0.25) is 0 Å². The summed E-state index contributed by atoms with van der Waals surface area (Å²) in [4.78, 5) is 20.1. The average molecular weight is 210 g/mol. The number of Topliss-reactive ketones (excluding diaryl/α,β-unsaturated/α-hetero) is 1. The zero-order valence-electron chi connectivity index (χ0n) is 8.90. The summed E-state index contributed by atoms with van der Waals surface area (Å²) < 4.78 is 0. The van der Waals surface area contributed by atoms with Gasteiger partial charge in [-0.25, -0.2) is 4.98 Å². The van der Waals surface area contributed by atoms with Gasteiger partial charge in [-0.05, 0) is 19.1 Å². The van der Waals surface area contributed by atoms with Crippen LogP contribution in [-0.4, -0.2) is 15.8 Å². The molecular weight excluding hydrogens is 200 g/mol. The fraction of sp³-hybridized carbons (Fsp3) is 0.154. The SMILES string of the molecule is CC#CCC(=O)c1cnc2ccccc2n1. The smallest absolute Gasteiger partial charge is 0.194 e. The van der Waals surface area contributed by atoms with Crippen LogP contribution in [0.2, 0.25) is 0 Å². The summed E-state index contributed by atoms with van der Waals surface area (Å²) in [6, 6.07) is 7.46. The second-order valence-corrected chi connectivity index (χ2v) is 3.27. The van der Waals surface area contributed by atoms with Crippen molar-refractivity contribution >= 4 is 16.8 Å². The van der Waals surface area contributed by atoms with Crippen molar-refractivity contribution in [1.29, 1.82) is 0 Å². The summed E-state index contributed by atoms with van der Waals surface area (Å²) in [5, 5.41) is 0. The highest BCUT2D eigenvalue weighted by molar-refractivity contribution is 5.96. The van der Waals surface area contributed by atoms with Crippen LogP contribution in [0.3, 0.4) is 0 Å². The molecule has 2 aromatic rings. The minimum Gasteiger partial charge on any atom is -0.291 e. The first-order chi connectivity index (χ1) is 7.81. The van der Waals surface area contributed by atoms with Crippen LogP contribution in [-0.2, 0) is 0 Å². The van der Waals surface area contributed by atoms with Crippen molar-refractivity contribution < 1.29 is 4.79 Å². The third-order valence-corrected chi connectivity index (χ3v) is 2.16. The number of hydrogen-bond acceptors (Lipinski definition) is 3. The van der Waals surface area contributed by atoms with Gasteiger partial charge in [-0.1, -0.05) is 18.1 Å². The van der Waals surface area contributed by atoms with E-state index in [2.05, 4.69) is 21.8 Å². The normalized spacial score (nSPS) is 9.56. The molecule has 2 rings (SSSR count). The largest absolute Gasteiger partial charge is 0.291 e. The lowest BCUT2D eigenvalue weighted by molar-refractivity contribution is 0.0993. The summed E-state index contributed by atoms with van der Waals surface area (Å²) in [5.74, 6) is 5.32. The summed E-state index contributed by atoms with van der Waals surface area (Å²) >= 11 is 0. The highest BCUT2D eigenvalue weighted by Gasteiger charge is 2.07. The summed E-state index contributed by atoms with van der Waals surface area (Å²) in [6.45, 7) is 1.71. The van der Waals surface area contributed by atoms with Crippen LogP contribution in [0.5, 0.6) is 0 Å². The lowest BCUT2D eigenvalue weighted by atomic mass is 10.2. The van der Waals surface area contributed by atoms with E-state index in [0.717, 1.165) is 11.0 Å². The highest BCUT2D eigenvalue weighted by Crippen LogP contribution is 2.09. The first kappa shape index (κ1) is 10.3. The van der Waals surface area contributed by atoms with Crippen LogP contribution in [0.4, 0.5) is 0 Å². The Morgan fingerprint density at radius 1 is 1.31 bits per heavy atom. The number of hydrogen-bond donors (Lipinski definition) is 0. The van der Waals surface area contributed by atoms with Gasteiger partial charge in [0.15, 0.2) is 5.78 Å². The average Bonchev–Trinajstić information content (AvgIpc) is 2.35. The maximum atomic E-state index is 11.6. The molecular formula is C13H10N2O. The Morgan fingerprint density at radius 2 is 2.06 bits per heavy atom. The molecule has 78 valence electrons. The number of aromatic nitrogens is 2. The molecule has 1 heterocycles. The molecule has 0 aliphatic rings. The lowest BCUT2D eigenvalue weighted by Gasteiger charge is -1.98. The number of para-hydroxylation sites is 2. The van der Waals surface area contributed by atoms with E-state index in [9.17, 15) is 4.79 Å². The van der Waals surface area contributed by atoms with Crippen molar-refractivity contribution in [2.24, 2.45) is 0 Å². The van der Waals surface area contributed by atoms with Crippen molar-refractivity contribution in [2.45, 2.75) is 13.3 Å². The predicted octanol–water partition coefficient (Wildman–Crippen LogP) is 2.23. The van der Waals surface area contributed by atoms with Gasteiger partial charge >= 0.3 is 0 Å². The Labute approximate surface area is 93.5 Å². The summed E-state index contributed by atoms with van der Waals surface area (Å²) in [6.07, 6.45) is 1.70. The maximum Gasteiger partial charge on any atom is 0.194 e. The van der Waals surface area contributed by atoms with E-state index in [1.165, 1.54) is 6.20 Å². The van der Waals surface area contributed by atoms with Gasteiger partial charge < -0.3 is 0 Å². The second-order valence-electron chi connectivity index (χ2n) is 3.27. The number of fused-ring (bicyclic) bond motifs is 1. The molecule has 0 aliphatic carbocycles. The van der Waals surface area contributed by atoms with Crippen LogP contribution in [0.1, 0.15) is 23.8 Å². The molecule has 16 heavy (non-hydrogen) atoms. The summed E-state index contributed by atoms with van der Waals surface area (Å²) in [5.41, 5.74) is 1.90. The van der Waals surface area contributed by atoms with Crippen LogP contribution in [0, 0.1) is 11.8 Å². The van der Waals surface area contributed by atoms with Gasteiger partial charge in [0.25, 0.3) is 0 Å². The molecule has 0 spiro atoms. The molecule has 0 aliphatic heterocycles. The van der Waals surface area contributed by atoms with Crippen LogP contribution in [0.25, 0.3) is 11.0 Å². The fourth-order valence-corrected chi connectivity index (χ4v) is 1.35. The molecule has 3 heteroatoms. The Bertz CT molecular complexity index is 593. The third-order valence-electron chi connectivity index (χ3n) is 2.16. The number of benzene rings is 1. The molecule has 1 aromatic carbocycles. The molecule has 0 fully saturated rings. The van der Waals surface area contributed by atoms with E-state index in [4.69, 9.17) is 0 Å². The number of nitrogens with zero attached hydrogens (tertiary/aromatic N) is 2. The van der Waals surface area contributed by atoms with Gasteiger partial charge in [-0.2, -0.15) is 0 Å². The van der Waals surface area contributed by atoms with Crippen molar-refractivity contribution in [3.05, 3.63) is 36.2 Å². The van der Waals surface area contributed by atoms with E-state index >= 15 is 0 Å². The van der Waals surface area contributed by atoms with Crippen LogP contribution < -0.4 is 0 Å². The number of rotatable bonds is 2. The Kier molecular flexibility index (Phi) is 2.93. The number of carbonyl (C=O) groups is 1. The predicted molar refractivity (Wildman–Crippen MR) is 61.9 cm³/mol. The van der Waals surface area contributed by atoms with E-state index in [1.54, 1.807) is 6.92 Å². The second kappa shape index (κ2) is 4.54. The molecule has 3 nitrogen and oxygen atoms in total. The van der Waals surface area contributed by atoms with Crippen LogP contribution >= 0.6 is 0 Å². The Morgan fingerprint density at radius 3 is 2.81 bits per heavy atom. The molecule has 1 aromatic heterocycles. The molecule has 0 saturated heterocycles. The standard InChI is InChI=1S/C13H10N2O/c1-2-3-8-13(16)12-9-14-10-6-4-5-7-11(10)15-12/h4-7,9H,8H2,1H3. The molecule has 0 saturated carbocycles. The zero-order chi connectivity index (χ0) is 11.4. The highest BCUT2D eigenvalue weighted by atomic mass is 16.1. The van der Waals surface area contributed by atoms with E-state index in [1.807, 2.05) is 24.3 Å². The number of carbonyl (C=O) groups excluding carboxylic acids is 1. The topological polar surface area (TPSA) is 42.9 Å². The molecule has 0 N–H and O–H groups in total. The first-order valence-corrected chi connectivity index (χ1v) is 4.96. The van der Waals surface area contributed by atoms with Crippen molar-refractivity contribution in [3.8, 4) is 11.8 Å². The fourth-order valence-electron chi connectivity index (χ4n) is 1.35. The molecule has 0 bridgehead atoms. The van der Waals surface area contributed by atoms with Gasteiger partial charge in [0, 0.05) is 0 Å². The molecule has 0 unspecified atom stereocenters. The van der Waals surface area contributed by atoms with Crippen LogP contribution in [0.15, 0.2) is 30.5 Å². The van der Waals surface area contributed by atoms with E-state index in [0.29, 0.717) is 5.69 Å². The molecule has 0 amide bonds. The maximum absolute atomic E-state index is 11.6. The number of ketones is 1. The van der Waals surface area contributed by atoms with Gasteiger partial charge in [0.1, 0.15) is 5.69 Å². The summed E-state index contributed by atoms with van der Waals surface area (Å²) in [7, 11) is 0. The third kappa shape index (κ3) is 2.06. The zero-order valence-corrected chi connectivity index (χ0v) is 8.90.